The molecule has 5 nitrogen and oxygen atoms in total. The van der Waals surface area contributed by atoms with E-state index < -0.39 is 24.1 Å². The van der Waals surface area contributed by atoms with E-state index >= 15 is 0 Å². The molecule has 1 aromatic heterocycles. The van der Waals surface area contributed by atoms with Crippen LogP contribution in [0.25, 0.3) is 10.6 Å². The number of benzene rings is 1. The van der Waals surface area contributed by atoms with E-state index in [1.807, 2.05) is 0 Å². The van der Waals surface area contributed by atoms with Gasteiger partial charge in [0.1, 0.15) is 11.0 Å². The SMILES string of the molecule is O=C(O)C(Cc1csc(-c2ccccc2Cl)n1)NC(=O)C(F)(F)F. The Morgan fingerprint density at radius 3 is 2.58 bits per heavy atom. The molecule has 1 amide bonds. The molecule has 0 saturated carbocycles. The molecule has 0 fully saturated rings. The van der Waals surface area contributed by atoms with E-state index in [1.54, 1.807) is 24.3 Å². The standard InChI is InChI=1S/C14H10ClF3N2O3S/c15-9-4-2-1-3-8(9)11-19-7(6-24-11)5-10(12(21)22)20-13(23)14(16,17)18/h1-4,6,10H,5H2,(H,20,23)(H,21,22). The highest BCUT2D eigenvalue weighted by atomic mass is 35.5. The van der Waals surface area contributed by atoms with E-state index in [9.17, 15) is 22.8 Å². The third-order valence-corrected chi connectivity index (χ3v) is 4.18. The molecule has 0 saturated heterocycles. The number of halogens is 4. The van der Waals surface area contributed by atoms with Crippen molar-refractivity contribution < 1.29 is 27.9 Å². The Bertz CT molecular complexity index is 764. The molecule has 2 aromatic rings. The summed E-state index contributed by atoms with van der Waals surface area (Å²) < 4.78 is 36.7. The van der Waals surface area contributed by atoms with Crippen molar-refractivity contribution in [3.63, 3.8) is 0 Å². The molecule has 0 aliphatic rings. The van der Waals surface area contributed by atoms with E-state index in [-0.39, 0.29) is 12.1 Å². The van der Waals surface area contributed by atoms with Crippen molar-refractivity contribution in [2.24, 2.45) is 0 Å². The van der Waals surface area contributed by atoms with Gasteiger partial charge in [0, 0.05) is 17.4 Å². The number of aliphatic carboxylic acids is 1. The lowest BCUT2D eigenvalue weighted by atomic mass is 10.1. The second-order valence-corrected chi connectivity index (χ2v) is 5.96. The van der Waals surface area contributed by atoms with Gasteiger partial charge in [0.05, 0.1) is 10.7 Å². The maximum absolute atomic E-state index is 12.2. The van der Waals surface area contributed by atoms with Gasteiger partial charge in [0.2, 0.25) is 0 Å². The van der Waals surface area contributed by atoms with Crippen molar-refractivity contribution in [2.75, 3.05) is 0 Å². The highest BCUT2D eigenvalue weighted by molar-refractivity contribution is 7.13. The van der Waals surface area contributed by atoms with Crippen LogP contribution >= 0.6 is 22.9 Å². The van der Waals surface area contributed by atoms with Gasteiger partial charge >= 0.3 is 18.1 Å². The van der Waals surface area contributed by atoms with E-state index in [4.69, 9.17) is 16.7 Å². The van der Waals surface area contributed by atoms with Gasteiger partial charge in [0.25, 0.3) is 0 Å². The predicted octanol–water partition coefficient (Wildman–Crippen LogP) is 3.14. The summed E-state index contributed by atoms with van der Waals surface area (Å²) in [5, 5.41) is 12.9. The van der Waals surface area contributed by atoms with Crippen molar-refractivity contribution >= 4 is 34.8 Å². The van der Waals surface area contributed by atoms with Crippen LogP contribution in [0.4, 0.5) is 13.2 Å². The van der Waals surface area contributed by atoms with E-state index in [0.717, 1.165) is 0 Å². The Balaban J connectivity index is 2.16. The zero-order valence-corrected chi connectivity index (χ0v) is 13.4. The molecule has 2 rings (SSSR count). The van der Waals surface area contributed by atoms with Crippen LogP contribution in [-0.2, 0) is 16.0 Å². The van der Waals surface area contributed by atoms with E-state index in [2.05, 4.69) is 4.98 Å². The van der Waals surface area contributed by atoms with Crippen molar-refractivity contribution in [3.8, 4) is 10.6 Å². The summed E-state index contributed by atoms with van der Waals surface area (Å²) in [6, 6.07) is 5.10. The fourth-order valence-corrected chi connectivity index (χ4v) is 2.96. The van der Waals surface area contributed by atoms with Crippen LogP contribution in [0.5, 0.6) is 0 Å². The number of nitrogens with zero attached hydrogens (tertiary/aromatic N) is 1. The minimum Gasteiger partial charge on any atom is -0.480 e. The van der Waals surface area contributed by atoms with Gasteiger partial charge in [-0.1, -0.05) is 29.8 Å². The number of carbonyl (C=O) groups is 2. The first kappa shape index (κ1) is 18.2. The topological polar surface area (TPSA) is 79.3 Å². The lowest BCUT2D eigenvalue weighted by Crippen LogP contribution is -2.47. The second-order valence-electron chi connectivity index (χ2n) is 4.69. The number of carboxylic acid groups (broad SMARTS) is 1. The summed E-state index contributed by atoms with van der Waals surface area (Å²) in [4.78, 5) is 26.1. The highest BCUT2D eigenvalue weighted by Crippen LogP contribution is 2.30. The summed E-state index contributed by atoms with van der Waals surface area (Å²) in [6.45, 7) is 0. The molecular weight excluding hydrogens is 369 g/mol. The maximum Gasteiger partial charge on any atom is 0.471 e. The molecule has 1 unspecified atom stereocenters. The summed E-state index contributed by atoms with van der Waals surface area (Å²) in [7, 11) is 0. The molecule has 1 heterocycles. The number of amides is 1. The van der Waals surface area contributed by atoms with Crippen LogP contribution in [0.1, 0.15) is 5.69 Å². The van der Waals surface area contributed by atoms with Crippen molar-refractivity contribution in [1.29, 1.82) is 0 Å². The first-order valence-corrected chi connectivity index (χ1v) is 7.74. The highest BCUT2D eigenvalue weighted by Gasteiger charge is 2.41. The van der Waals surface area contributed by atoms with Gasteiger partial charge in [-0.05, 0) is 6.07 Å². The summed E-state index contributed by atoms with van der Waals surface area (Å²) in [5.41, 5.74) is 0.867. The monoisotopic (exact) mass is 378 g/mol. The lowest BCUT2D eigenvalue weighted by molar-refractivity contribution is -0.175. The van der Waals surface area contributed by atoms with E-state index in [0.29, 0.717) is 15.6 Å². The Kier molecular flexibility index (Phi) is 5.45. The van der Waals surface area contributed by atoms with Gasteiger partial charge < -0.3 is 10.4 Å². The van der Waals surface area contributed by atoms with Gasteiger partial charge in [-0.2, -0.15) is 13.2 Å². The third kappa shape index (κ3) is 4.45. The predicted molar refractivity (Wildman–Crippen MR) is 81.9 cm³/mol. The van der Waals surface area contributed by atoms with Crippen LogP contribution in [0.3, 0.4) is 0 Å². The average Bonchev–Trinajstić information content (AvgIpc) is 2.94. The summed E-state index contributed by atoms with van der Waals surface area (Å²) >= 11 is 7.21. The normalized spacial score (nSPS) is 12.7. The second kappa shape index (κ2) is 7.18. The molecule has 24 heavy (non-hydrogen) atoms. The number of rotatable bonds is 5. The van der Waals surface area contributed by atoms with E-state index in [1.165, 1.54) is 22.0 Å². The fourth-order valence-electron chi connectivity index (χ4n) is 1.81. The first-order chi connectivity index (χ1) is 11.2. The first-order valence-electron chi connectivity index (χ1n) is 6.48. The third-order valence-electron chi connectivity index (χ3n) is 2.93. The number of alkyl halides is 3. The number of hydrogen-bond donors (Lipinski definition) is 2. The molecule has 0 spiro atoms. The largest absolute Gasteiger partial charge is 0.480 e. The Labute approximate surface area is 143 Å². The molecule has 2 N–H and O–H groups in total. The van der Waals surface area contributed by atoms with Crippen LogP contribution in [0.2, 0.25) is 5.02 Å². The molecule has 0 bridgehead atoms. The van der Waals surface area contributed by atoms with Crippen LogP contribution < -0.4 is 5.32 Å². The quantitative estimate of drug-likeness (QED) is 0.837. The Morgan fingerprint density at radius 2 is 2.00 bits per heavy atom. The number of carboxylic acids is 1. The number of hydrogen-bond acceptors (Lipinski definition) is 4. The maximum atomic E-state index is 12.2. The van der Waals surface area contributed by atoms with Crippen LogP contribution in [0.15, 0.2) is 29.6 Å². The minimum atomic E-state index is -5.15. The molecule has 128 valence electrons. The van der Waals surface area contributed by atoms with Crippen LogP contribution in [0, 0.1) is 0 Å². The molecule has 0 radical (unpaired) electrons. The molecule has 0 aliphatic carbocycles. The zero-order valence-electron chi connectivity index (χ0n) is 11.8. The number of nitrogens with one attached hydrogen (secondary N) is 1. The lowest BCUT2D eigenvalue weighted by Gasteiger charge is -2.14. The van der Waals surface area contributed by atoms with Gasteiger partial charge in [-0.3, -0.25) is 4.79 Å². The molecule has 1 aromatic carbocycles. The summed E-state index contributed by atoms with van der Waals surface area (Å²) in [5.74, 6) is -3.89. The van der Waals surface area contributed by atoms with Crippen molar-refractivity contribution in [3.05, 3.63) is 40.4 Å². The van der Waals surface area contributed by atoms with Crippen molar-refractivity contribution in [2.45, 2.75) is 18.6 Å². The smallest absolute Gasteiger partial charge is 0.471 e. The number of aromatic nitrogens is 1. The molecule has 0 aliphatic heterocycles. The Morgan fingerprint density at radius 1 is 1.33 bits per heavy atom. The summed E-state index contributed by atoms with van der Waals surface area (Å²) in [6.07, 6.45) is -5.53. The Hall–Kier alpha value is -2.13. The van der Waals surface area contributed by atoms with Gasteiger partial charge in [-0.15, -0.1) is 11.3 Å². The van der Waals surface area contributed by atoms with Gasteiger partial charge in [0.15, 0.2) is 0 Å². The zero-order chi connectivity index (χ0) is 17.9. The molecule has 10 heteroatoms. The average molecular weight is 379 g/mol. The fraction of sp³-hybridized carbons (Fsp3) is 0.214. The van der Waals surface area contributed by atoms with Crippen molar-refractivity contribution in [1.82, 2.24) is 10.3 Å². The molecular formula is C14H10ClF3N2O3S. The van der Waals surface area contributed by atoms with Gasteiger partial charge in [-0.25, -0.2) is 9.78 Å². The molecule has 1 atom stereocenters. The van der Waals surface area contributed by atoms with Crippen LogP contribution in [-0.4, -0.2) is 34.2 Å². The minimum absolute atomic E-state index is 0.241. The number of carbonyl (C=O) groups excluding carboxylic acids is 1. The number of thiazole rings is 1.